The van der Waals surface area contributed by atoms with E-state index >= 15 is 0 Å². The Morgan fingerprint density at radius 3 is 2.72 bits per heavy atom. The number of nitrogens with zero attached hydrogens (tertiary/aromatic N) is 2. The summed E-state index contributed by atoms with van der Waals surface area (Å²) in [6.07, 6.45) is 3.11. The number of hydrogen-bond acceptors (Lipinski definition) is 5. The van der Waals surface area contributed by atoms with Crippen LogP contribution in [0, 0.1) is 0 Å². The molecule has 25 heavy (non-hydrogen) atoms. The van der Waals surface area contributed by atoms with Crippen LogP contribution in [0.2, 0.25) is 0 Å². The Morgan fingerprint density at radius 1 is 1.08 bits per heavy atom. The average Bonchev–Trinajstić information content (AvgIpc) is 3.11. The van der Waals surface area contributed by atoms with Crippen LogP contribution in [0.5, 0.6) is 0 Å². The van der Waals surface area contributed by atoms with Crippen LogP contribution < -0.4 is 5.32 Å². The molecule has 6 heteroatoms. The Balaban J connectivity index is 1.37. The molecule has 0 aliphatic carbocycles. The molecule has 0 saturated heterocycles. The number of amides is 1. The van der Waals surface area contributed by atoms with Crippen molar-refractivity contribution < 1.29 is 4.79 Å². The molecule has 0 aliphatic heterocycles. The second-order valence-electron chi connectivity index (χ2n) is 5.44. The maximum absolute atomic E-state index is 12.0. The van der Waals surface area contributed by atoms with Gasteiger partial charge in [0.25, 0.3) is 0 Å². The number of thiazole rings is 1. The predicted molar refractivity (Wildman–Crippen MR) is 106 cm³/mol. The van der Waals surface area contributed by atoms with Crippen molar-refractivity contribution in [3.8, 4) is 11.4 Å². The number of anilines is 1. The number of hydrogen-bond donors (Lipinski definition) is 1. The summed E-state index contributed by atoms with van der Waals surface area (Å²) < 4.78 is 0. The van der Waals surface area contributed by atoms with E-state index < -0.39 is 0 Å². The van der Waals surface area contributed by atoms with E-state index in [-0.39, 0.29) is 5.91 Å². The second kappa shape index (κ2) is 9.34. The molecule has 1 amide bonds. The minimum absolute atomic E-state index is 0.0160. The monoisotopic (exact) mass is 369 g/mol. The largest absolute Gasteiger partial charge is 0.302 e. The molecular weight excluding hydrogens is 350 g/mol. The highest BCUT2D eigenvalue weighted by atomic mass is 32.2. The normalized spacial score (nSPS) is 10.6. The highest BCUT2D eigenvalue weighted by molar-refractivity contribution is 7.98. The van der Waals surface area contributed by atoms with Gasteiger partial charge in [0.2, 0.25) is 5.91 Å². The van der Waals surface area contributed by atoms with Crippen molar-refractivity contribution in [2.45, 2.75) is 18.6 Å². The van der Waals surface area contributed by atoms with Crippen molar-refractivity contribution in [2.75, 3.05) is 11.1 Å². The summed E-state index contributed by atoms with van der Waals surface area (Å²) in [6, 6.07) is 16.1. The van der Waals surface area contributed by atoms with Gasteiger partial charge in [0.1, 0.15) is 5.69 Å². The van der Waals surface area contributed by atoms with Gasteiger partial charge in [0.15, 0.2) is 5.13 Å². The summed E-state index contributed by atoms with van der Waals surface area (Å²) in [4.78, 5) is 20.7. The second-order valence-corrected chi connectivity index (χ2v) is 7.41. The Kier molecular flexibility index (Phi) is 6.59. The van der Waals surface area contributed by atoms with Gasteiger partial charge in [0.05, 0.1) is 5.69 Å². The van der Waals surface area contributed by atoms with Crippen molar-refractivity contribution in [2.24, 2.45) is 0 Å². The maximum Gasteiger partial charge on any atom is 0.226 e. The lowest BCUT2D eigenvalue weighted by atomic mass is 10.2. The number of nitrogens with one attached hydrogen (secondary N) is 1. The van der Waals surface area contributed by atoms with Crippen LogP contribution >= 0.6 is 23.1 Å². The first-order valence-corrected chi connectivity index (χ1v) is 10.1. The first-order valence-electron chi connectivity index (χ1n) is 8.10. The number of aromatic nitrogens is 2. The van der Waals surface area contributed by atoms with Gasteiger partial charge >= 0.3 is 0 Å². The summed E-state index contributed by atoms with van der Waals surface area (Å²) >= 11 is 3.28. The van der Waals surface area contributed by atoms with Gasteiger partial charge in [-0.25, -0.2) is 4.98 Å². The van der Waals surface area contributed by atoms with Crippen molar-refractivity contribution in [3.63, 3.8) is 0 Å². The van der Waals surface area contributed by atoms with Crippen molar-refractivity contribution in [1.29, 1.82) is 0 Å². The van der Waals surface area contributed by atoms with E-state index in [0.717, 1.165) is 29.3 Å². The van der Waals surface area contributed by atoms with Crippen molar-refractivity contribution in [3.05, 3.63) is 65.7 Å². The number of carbonyl (C=O) groups is 1. The molecule has 0 unspecified atom stereocenters. The quantitative estimate of drug-likeness (QED) is 0.576. The number of carbonyl (C=O) groups excluding carboxylic acids is 1. The third-order valence-corrected chi connectivity index (χ3v) is 5.35. The molecule has 2 heterocycles. The molecule has 0 aliphatic rings. The van der Waals surface area contributed by atoms with Gasteiger partial charge in [-0.1, -0.05) is 36.4 Å². The Labute approximate surface area is 155 Å². The molecule has 1 N–H and O–H groups in total. The van der Waals surface area contributed by atoms with Gasteiger partial charge in [-0.05, 0) is 29.9 Å². The van der Waals surface area contributed by atoms with Gasteiger partial charge in [-0.3, -0.25) is 9.78 Å². The number of pyridine rings is 1. The van der Waals surface area contributed by atoms with E-state index in [9.17, 15) is 4.79 Å². The van der Waals surface area contributed by atoms with Gasteiger partial charge in [0, 0.05) is 23.8 Å². The summed E-state index contributed by atoms with van der Waals surface area (Å²) in [5, 5.41) is 5.41. The fourth-order valence-corrected chi connectivity index (χ4v) is 3.89. The van der Waals surface area contributed by atoms with Crippen LogP contribution in [0.3, 0.4) is 0 Å². The van der Waals surface area contributed by atoms with Gasteiger partial charge in [-0.15, -0.1) is 11.3 Å². The molecule has 0 radical (unpaired) electrons. The van der Waals surface area contributed by atoms with Crippen LogP contribution in [0.1, 0.15) is 18.4 Å². The zero-order valence-corrected chi connectivity index (χ0v) is 15.4. The molecule has 0 spiro atoms. The minimum atomic E-state index is 0.0160. The number of thioether (sulfide) groups is 1. The maximum atomic E-state index is 12.0. The van der Waals surface area contributed by atoms with E-state index in [2.05, 4.69) is 39.6 Å². The van der Waals surface area contributed by atoms with Crippen LogP contribution in [-0.2, 0) is 10.5 Å². The Morgan fingerprint density at radius 2 is 1.92 bits per heavy atom. The summed E-state index contributed by atoms with van der Waals surface area (Å²) in [5.41, 5.74) is 2.93. The molecule has 4 nitrogen and oxygen atoms in total. The van der Waals surface area contributed by atoms with Gasteiger partial charge < -0.3 is 5.32 Å². The lowest BCUT2D eigenvalue weighted by Gasteiger charge is -2.03. The smallest absolute Gasteiger partial charge is 0.226 e. The van der Waals surface area contributed by atoms with Crippen molar-refractivity contribution in [1.82, 2.24) is 9.97 Å². The number of benzene rings is 1. The average molecular weight is 370 g/mol. The summed E-state index contributed by atoms with van der Waals surface area (Å²) in [7, 11) is 0. The molecule has 128 valence electrons. The number of rotatable bonds is 8. The molecule has 0 bridgehead atoms. The standard InChI is InChI=1S/C19H19N3OS2/c23-18(10-6-12-24-13-15-7-2-1-3-8-15)22-19-21-17(14-25-19)16-9-4-5-11-20-16/h1-5,7-9,11,14H,6,10,12-13H2,(H,21,22,23). The molecule has 0 saturated carbocycles. The van der Waals surface area contributed by atoms with E-state index in [4.69, 9.17) is 0 Å². The highest BCUT2D eigenvalue weighted by Crippen LogP contribution is 2.23. The topological polar surface area (TPSA) is 54.9 Å². The first-order chi connectivity index (χ1) is 12.3. The molecule has 3 rings (SSSR count). The third kappa shape index (κ3) is 5.69. The lowest BCUT2D eigenvalue weighted by Crippen LogP contribution is -2.11. The predicted octanol–water partition coefficient (Wildman–Crippen LogP) is 4.86. The van der Waals surface area contributed by atoms with Crippen molar-refractivity contribution >= 4 is 34.1 Å². The van der Waals surface area contributed by atoms with Crippen LogP contribution in [0.25, 0.3) is 11.4 Å². The molecular formula is C19H19N3OS2. The molecule has 1 aromatic carbocycles. The van der Waals surface area contributed by atoms with Crippen LogP contribution in [-0.4, -0.2) is 21.6 Å². The van der Waals surface area contributed by atoms with E-state index in [0.29, 0.717) is 11.6 Å². The Hall–Kier alpha value is -2.18. The highest BCUT2D eigenvalue weighted by Gasteiger charge is 2.08. The zero-order chi connectivity index (χ0) is 17.3. The summed E-state index contributed by atoms with van der Waals surface area (Å²) in [5.74, 6) is 1.98. The first kappa shape index (κ1) is 17.6. The van der Waals surface area contributed by atoms with Crippen LogP contribution in [0.15, 0.2) is 60.1 Å². The van der Waals surface area contributed by atoms with E-state index in [1.54, 1.807) is 6.20 Å². The van der Waals surface area contributed by atoms with Crippen LogP contribution in [0.4, 0.5) is 5.13 Å². The lowest BCUT2D eigenvalue weighted by molar-refractivity contribution is -0.116. The van der Waals surface area contributed by atoms with E-state index in [1.165, 1.54) is 16.9 Å². The van der Waals surface area contributed by atoms with E-state index in [1.807, 2.05) is 41.4 Å². The molecule has 2 aromatic heterocycles. The minimum Gasteiger partial charge on any atom is -0.302 e. The zero-order valence-electron chi connectivity index (χ0n) is 13.7. The molecule has 0 atom stereocenters. The third-order valence-electron chi connectivity index (χ3n) is 3.48. The fourth-order valence-electron chi connectivity index (χ4n) is 2.24. The molecule has 0 fully saturated rings. The molecule has 3 aromatic rings. The van der Waals surface area contributed by atoms with Gasteiger partial charge in [-0.2, -0.15) is 11.8 Å². The Bertz CT molecular complexity index is 791. The SMILES string of the molecule is O=C(CCCSCc1ccccc1)Nc1nc(-c2ccccn2)cs1. The fraction of sp³-hybridized carbons (Fsp3) is 0.211. The summed E-state index contributed by atoms with van der Waals surface area (Å²) in [6.45, 7) is 0.